The van der Waals surface area contributed by atoms with E-state index in [-0.39, 0.29) is 0 Å². The predicted octanol–water partition coefficient (Wildman–Crippen LogP) is 5.06. The van der Waals surface area contributed by atoms with Gasteiger partial charge in [-0.1, -0.05) is 15.9 Å². The third-order valence-corrected chi connectivity index (χ3v) is 5.99. The number of ether oxygens (including phenoxy) is 1. The molecule has 0 unspecified atom stereocenters. The Morgan fingerprint density at radius 1 is 1.19 bits per heavy atom. The van der Waals surface area contributed by atoms with Gasteiger partial charge in [0.2, 0.25) is 0 Å². The van der Waals surface area contributed by atoms with Crippen molar-refractivity contribution in [2.75, 3.05) is 7.11 Å². The number of aryl methyl sites for hydroxylation is 2. The van der Waals surface area contributed by atoms with Gasteiger partial charge in [-0.3, -0.25) is 0 Å². The molecule has 1 aliphatic carbocycles. The van der Waals surface area contributed by atoms with Crippen LogP contribution in [-0.2, 0) is 25.9 Å². The fourth-order valence-corrected chi connectivity index (χ4v) is 5.48. The highest BCUT2D eigenvalue weighted by atomic mass is 79.9. The van der Waals surface area contributed by atoms with Gasteiger partial charge in [0.25, 0.3) is 0 Å². The third kappa shape index (κ3) is 3.52. The molecular formula is C16H17Br2NOS. The van der Waals surface area contributed by atoms with Crippen LogP contribution >= 0.6 is 43.2 Å². The number of nitrogens with one attached hydrogen (secondary N) is 1. The molecule has 5 heteroatoms. The molecule has 2 aromatic rings. The van der Waals surface area contributed by atoms with Crippen molar-refractivity contribution in [1.29, 1.82) is 0 Å². The highest BCUT2D eigenvalue weighted by Crippen LogP contribution is 2.33. The SMILES string of the molecule is COc1c(Br)cc(Br)cc1CNCc1cc2c(s1)CCC2. The number of halogens is 2. The van der Waals surface area contributed by atoms with Crippen LogP contribution in [0, 0.1) is 0 Å². The summed E-state index contributed by atoms with van der Waals surface area (Å²) in [4.78, 5) is 3.03. The van der Waals surface area contributed by atoms with Crippen LogP contribution in [-0.4, -0.2) is 7.11 Å². The summed E-state index contributed by atoms with van der Waals surface area (Å²) in [6.45, 7) is 1.72. The quantitative estimate of drug-likeness (QED) is 0.715. The summed E-state index contributed by atoms with van der Waals surface area (Å²) in [5.41, 5.74) is 2.72. The molecule has 21 heavy (non-hydrogen) atoms. The van der Waals surface area contributed by atoms with E-state index in [4.69, 9.17) is 4.74 Å². The van der Waals surface area contributed by atoms with E-state index in [0.717, 1.165) is 33.3 Å². The lowest BCUT2D eigenvalue weighted by molar-refractivity contribution is 0.405. The normalized spacial score (nSPS) is 13.5. The molecule has 112 valence electrons. The number of hydrogen-bond donors (Lipinski definition) is 1. The van der Waals surface area contributed by atoms with Crippen molar-refractivity contribution < 1.29 is 4.74 Å². The number of thiophene rings is 1. The first-order valence-electron chi connectivity index (χ1n) is 7.00. The van der Waals surface area contributed by atoms with E-state index < -0.39 is 0 Å². The van der Waals surface area contributed by atoms with Gasteiger partial charge >= 0.3 is 0 Å². The van der Waals surface area contributed by atoms with Crippen molar-refractivity contribution in [1.82, 2.24) is 5.32 Å². The van der Waals surface area contributed by atoms with Gasteiger partial charge in [0.15, 0.2) is 0 Å². The average molecular weight is 431 g/mol. The zero-order valence-electron chi connectivity index (χ0n) is 11.8. The Kier molecular flexibility index (Phi) is 5.04. The fourth-order valence-electron chi connectivity index (χ4n) is 2.77. The molecule has 0 aliphatic heterocycles. The summed E-state index contributed by atoms with van der Waals surface area (Å²) in [5.74, 6) is 0.902. The number of methoxy groups -OCH3 is 1. The van der Waals surface area contributed by atoms with E-state index >= 15 is 0 Å². The van der Waals surface area contributed by atoms with Crippen LogP contribution in [0.5, 0.6) is 5.75 Å². The highest BCUT2D eigenvalue weighted by Gasteiger charge is 2.14. The minimum atomic E-state index is 0.795. The molecule has 1 N–H and O–H groups in total. The van der Waals surface area contributed by atoms with Gasteiger partial charge in [-0.25, -0.2) is 0 Å². The maximum atomic E-state index is 5.48. The smallest absolute Gasteiger partial charge is 0.137 e. The summed E-state index contributed by atoms with van der Waals surface area (Å²) >= 11 is 9.04. The molecule has 1 heterocycles. The van der Waals surface area contributed by atoms with Crippen molar-refractivity contribution in [3.63, 3.8) is 0 Å². The lowest BCUT2D eigenvalue weighted by atomic mass is 10.2. The fraction of sp³-hybridized carbons (Fsp3) is 0.375. The van der Waals surface area contributed by atoms with Gasteiger partial charge in [-0.05, 0) is 59.0 Å². The van der Waals surface area contributed by atoms with Crippen LogP contribution in [0.1, 0.15) is 27.3 Å². The monoisotopic (exact) mass is 429 g/mol. The van der Waals surface area contributed by atoms with Crippen LogP contribution in [0.25, 0.3) is 0 Å². The van der Waals surface area contributed by atoms with Crippen molar-refractivity contribution in [3.05, 3.63) is 48.0 Å². The maximum absolute atomic E-state index is 5.48. The first kappa shape index (κ1) is 15.5. The van der Waals surface area contributed by atoms with Gasteiger partial charge in [0.05, 0.1) is 11.6 Å². The first-order chi connectivity index (χ1) is 10.2. The molecule has 0 amide bonds. The lowest BCUT2D eigenvalue weighted by Crippen LogP contribution is -2.12. The Labute approximate surface area is 146 Å². The van der Waals surface area contributed by atoms with Crippen molar-refractivity contribution in [2.24, 2.45) is 0 Å². The molecule has 0 fully saturated rings. The molecule has 0 spiro atoms. The molecular weight excluding hydrogens is 414 g/mol. The average Bonchev–Trinajstić information content (AvgIpc) is 2.99. The third-order valence-electron chi connectivity index (χ3n) is 3.70. The minimum Gasteiger partial charge on any atom is -0.495 e. The maximum Gasteiger partial charge on any atom is 0.137 e. The Balaban J connectivity index is 1.64. The zero-order valence-corrected chi connectivity index (χ0v) is 15.8. The van der Waals surface area contributed by atoms with Gasteiger partial charge < -0.3 is 10.1 Å². The second-order valence-corrected chi connectivity index (χ2v) is 8.19. The van der Waals surface area contributed by atoms with E-state index in [2.05, 4.69) is 49.3 Å². The van der Waals surface area contributed by atoms with Gasteiger partial charge in [-0.15, -0.1) is 11.3 Å². The molecule has 1 aromatic carbocycles. The molecule has 0 bridgehead atoms. The lowest BCUT2D eigenvalue weighted by Gasteiger charge is -2.12. The number of benzene rings is 1. The molecule has 0 saturated carbocycles. The molecule has 0 saturated heterocycles. The van der Waals surface area contributed by atoms with E-state index in [1.807, 2.05) is 17.4 Å². The zero-order chi connectivity index (χ0) is 14.8. The first-order valence-corrected chi connectivity index (χ1v) is 9.40. The van der Waals surface area contributed by atoms with E-state index in [1.165, 1.54) is 24.1 Å². The van der Waals surface area contributed by atoms with Gasteiger partial charge in [-0.2, -0.15) is 0 Å². The summed E-state index contributed by atoms with van der Waals surface area (Å²) < 4.78 is 7.51. The van der Waals surface area contributed by atoms with Crippen LogP contribution < -0.4 is 10.1 Å². The topological polar surface area (TPSA) is 21.3 Å². The van der Waals surface area contributed by atoms with Gasteiger partial charge in [0.1, 0.15) is 5.75 Å². The van der Waals surface area contributed by atoms with Crippen LogP contribution in [0.3, 0.4) is 0 Å². The molecule has 3 rings (SSSR count). The number of hydrogen-bond acceptors (Lipinski definition) is 3. The van der Waals surface area contributed by atoms with E-state index in [0.29, 0.717) is 0 Å². The minimum absolute atomic E-state index is 0.795. The Morgan fingerprint density at radius 2 is 2.05 bits per heavy atom. The summed E-state index contributed by atoms with van der Waals surface area (Å²) in [7, 11) is 1.71. The second-order valence-electron chi connectivity index (χ2n) is 5.20. The largest absolute Gasteiger partial charge is 0.495 e. The van der Waals surface area contributed by atoms with Crippen LogP contribution in [0.2, 0.25) is 0 Å². The van der Waals surface area contributed by atoms with Crippen molar-refractivity contribution >= 4 is 43.2 Å². The number of fused-ring (bicyclic) bond motifs is 1. The van der Waals surface area contributed by atoms with Crippen molar-refractivity contribution in [3.8, 4) is 5.75 Å². The van der Waals surface area contributed by atoms with E-state index in [9.17, 15) is 0 Å². The van der Waals surface area contributed by atoms with Crippen LogP contribution in [0.15, 0.2) is 27.1 Å². The predicted molar refractivity (Wildman–Crippen MR) is 95.3 cm³/mol. The highest BCUT2D eigenvalue weighted by molar-refractivity contribution is 9.11. The van der Waals surface area contributed by atoms with E-state index in [1.54, 1.807) is 17.6 Å². The Hall–Kier alpha value is -0.360. The summed E-state index contributed by atoms with van der Waals surface area (Å²) in [6, 6.07) is 6.48. The Bertz CT molecular complexity index is 632. The summed E-state index contributed by atoms with van der Waals surface area (Å²) in [5, 5.41) is 3.52. The standard InChI is InChI=1S/C16H17Br2NOS/c1-20-16-11(5-12(17)7-14(16)18)8-19-9-13-6-10-3-2-4-15(10)21-13/h5-7,19H,2-4,8-9H2,1H3. The Morgan fingerprint density at radius 3 is 2.81 bits per heavy atom. The molecule has 0 atom stereocenters. The molecule has 1 aromatic heterocycles. The van der Waals surface area contributed by atoms with Crippen LogP contribution in [0.4, 0.5) is 0 Å². The van der Waals surface area contributed by atoms with Crippen molar-refractivity contribution in [2.45, 2.75) is 32.4 Å². The summed E-state index contributed by atoms with van der Waals surface area (Å²) in [6.07, 6.45) is 3.86. The second kappa shape index (κ2) is 6.82. The number of rotatable bonds is 5. The molecule has 2 nitrogen and oxygen atoms in total. The molecule has 1 aliphatic rings. The molecule has 0 radical (unpaired) electrons. The van der Waals surface area contributed by atoms with Gasteiger partial charge in [0, 0.05) is 32.9 Å².